The predicted octanol–water partition coefficient (Wildman–Crippen LogP) is 3.22. The molecule has 2 fully saturated rings. The molecular formula is C23H24ClN7O2S. The Hall–Kier alpha value is -2.92. The molecule has 2 aliphatic rings. The van der Waals surface area contributed by atoms with E-state index in [1.165, 1.54) is 11.3 Å². The summed E-state index contributed by atoms with van der Waals surface area (Å²) in [6.07, 6.45) is 5.03. The van der Waals surface area contributed by atoms with E-state index in [-0.39, 0.29) is 11.8 Å². The first-order chi connectivity index (χ1) is 16.4. The van der Waals surface area contributed by atoms with Crippen molar-refractivity contribution in [2.45, 2.75) is 18.4 Å². The van der Waals surface area contributed by atoms with E-state index in [2.05, 4.69) is 42.7 Å². The molecule has 2 aromatic heterocycles. The van der Waals surface area contributed by atoms with E-state index in [4.69, 9.17) is 11.6 Å². The van der Waals surface area contributed by atoms with Crippen molar-refractivity contribution in [3.63, 3.8) is 0 Å². The number of rotatable bonds is 6. The zero-order chi connectivity index (χ0) is 23.7. The molecule has 9 nitrogen and oxygen atoms in total. The summed E-state index contributed by atoms with van der Waals surface area (Å²) in [6.45, 7) is 3.62. The lowest BCUT2D eigenvalue weighted by molar-refractivity contribution is -0.123. The average Bonchev–Trinajstić information content (AvgIpc) is 3.53. The standard InChI is InChI=1S/C23H24ClN7O2S/c1-30-9-11-31(12-10-30)23(6-7-23)21(33)26-18-13-15(4-5-17(18)24)19(32)27-22-29-28-20(34-22)16-3-2-8-25-14-16/h2-5,8,13-14H,6-7,9-12H2,1H3,(H,26,33)(H,27,29,32). The van der Waals surface area contributed by atoms with E-state index < -0.39 is 5.54 Å². The molecule has 1 aromatic carbocycles. The first-order valence-corrected chi connectivity index (χ1v) is 12.2. The molecule has 0 atom stereocenters. The summed E-state index contributed by atoms with van der Waals surface area (Å²) in [5, 5.41) is 15.3. The number of likely N-dealkylation sites (N-methyl/N-ethyl adjacent to an activating group) is 1. The van der Waals surface area contributed by atoms with E-state index in [9.17, 15) is 9.59 Å². The van der Waals surface area contributed by atoms with Gasteiger partial charge in [0.05, 0.1) is 10.7 Å². The number of piperazine rings is 1. The maximum Gasteiger partial charge on any atom is 0.257 e. The Bertz CT molecular complexity index is 1210. The van der Waals surface area contributed by atoms with Crippen LogP contribution in [0, 0.1) is 0 Å². The minimum atomic E-state index is -0.474. The quantitative estimate of drug-likeness (QED) is 0.539. The van der Waals surface area contributed by atoms with Gasteiger partial charge in [0.1, 0.15) is 5.54 Å². The lowest BCUT2D eigenvalue weighted by Crippen LogP contribution is -2.54. The average molecular weight is 498 g/mol. The Morgan fingerprint density at radius 3 is 2.59 bits per heavy atom. The molecule has 34 heavy (non-hydrogen) atoms. The van der Waals surface area contributed by atoms with Crippen LogP contribution in [0.3, 0.4) is 0 Å². The van der Waals surface area contributed by atoms with Crippen LogP contribution < -0.4 is 10.6 Å². The monoisotopic (exact) mass is 497 g/mol. The van der Waals surface area contributed by atoms with Crippen LogP contribution >= 0.6 is 22.9 Å². The van der Waals surface area contributed by atoms with Gasteiger partial charge >= 0.3 is 0 Å². The van der Waals surface area contributed by atoms with Gasteiger partial charge in [-0.15, -0.1) is 10.2 Å². The number of anilines is 2. The van der Waals surface area contributed by atoms with Gasteiger partial charge in [0.15, 0.2) is 5.01 Å². The third-order valence-corrected chi connectivity index (χ3v) is 7.50. The van der Waals surface area contributed by atoms with Crippen molar-refractivity contribution >= 4 is 45.6 Å². The molecule has 1 aliphatic carbocycles. The number of amides is 2. The second-order valence-electron chi connectivity index (χ2n) is 8.58. The summed E-state index contributed by atoms with van der Waals surface area (Å²) >= 11 is 7.61. The number of nitrogens with one attached hydrogen (secondary N) is 2. The minimum Gasteiger partial charge on any atom is -0.323 e. The van der Waals surface area contributed by atoms with Crippen molar-refractivity contribution in [3.05, 3.63) is 53.3 Å². The number of hydrogen-bond donors (Lipinski definition) is 2. The minimum absolute atomic E-state index is 0.0678. The fourth-order valence-electron chi connectivity index (χ4n) is 4.09. The largest absolute Gasteiger partial charge is 0.323 e. The van der Waals surface area contributed by atoms with Crippen molar-refractivity contribution in [1.29, 1.82) is 0 Å². The number of aromatic nitrogens is 3. The van der Waals surface area contributed by atoms with Crippen molar-refractivity contribution in [2.75, 3.05) is 43.9 Å². The molecule has 0 unspecified atom stereocenters. The third-order valence-electron chi connectivity index (χ3n) is 6.29. The maximum absolute atomic E-state index is 13.2. The molecule has 11 heteroatoms. The molecule has 5 rings (SSSR count). The highest BCUT2D eigenvalue weighted by Crippen LogP contribution is 2.43. The van der Waals surface area contributed by atoms with Gasteiger partial charge in [-0.05, 0) is 50.2 Å². The van der Waals surface area contributed by atoms with Crippen molar-refractivity contribution in [1.82, 2.24) is 25.0 Å². The highest BCUT2D eigenvalue weighted by Gasteiger charge is 2.54. The molecule has 1 aliphatic heterocycles. The lowest BCUT2D eigenvalue weighted by atomic mass is 10.1. The van der Waals surface area contributed by atoms with Crippen LogP contribution in [0.5, 0.6) is 0 Å². The van der Waals surface area contributed by atoms with Crippen molar-refractivity contribution in [3.8, 4) is 10.6 Å². The zero-order valence-corrected chi connectivity index (χ0v) is 20.2. The van der Waals surface area contributed by atoms with Crippen LogP contribution in [0.15, 0.2) is 42.7 Å². The van der Waals surface area contributed by atoms with Crippen LogP contribution in [-0.2, 0) is 4.79 Å². The fraction of sp³-hybridized carbons (Fsp3) is 0.348. The Morgan fingerprint density at radius 1 is 1.09 bits per heavy atom. The van der Waals surface area contributed by atoms with Crippen LogP contribution in [0.25, 0.3) is 10.6 Å². The van der Waals surface area contributed by atoms with E-state index in [1.807, 2.05) is 12.1 Å². The number of halogens is 1. The van der Waals surface area contributed by atoms with E-state index in [0.717, 1.165) is 44.6 Å². The summed E-state index contributed by atoms with van der Waals surface area (Å²) in [5.41, 5.74) is 1.14. The van der Waals surface area contributed by atoms with E-state index >= 15 is 0 Å². The number of carbonyl (C=O) groups is 2. The first kappa shape index (κ1) is 22.9. The highest BCUT2D eigenvalue weighted by atomic mass is 35.5. The number of nitrogens with zero attached hydrogens (tertiary/aromatic N) is 5. The van der Waals surface area contributed by atoms with Gasteiger partial charge in [0.25, 0.3) is 5.91 Å². The van der Waals surface area contributed by atoms with Gasteiger partial charge in [-0.1, -0.05) is 22.9 Å². The van der Waals surface area contributed by atoms with Gasteiger partial charge in [0.2, 0.25) is 11.0 Å². The van der Waals surface area contributed by atoms with Crippen molar-refractivity contribution in [2.24, 2.45) is 0 Å². The molecule has 1 saturated heterocycles. The maximum atomic E-state index is 13.2. The zero-order valence-electron chi connectivity index (χ0n) is 18.6. The topological polar surface area (TPSA) is 103 Å². The predicted molar refractivity (Wildman–Crippen MR) is 132 cm³/mol. The lowest BCUT2D eigenvalue weighted by Gasteiger charge is -2.37. The summed E-state index contributed by atoms with van der Waals surface area (Å²) in [7, 11) is 2.09. The van der Waals surface area contributed by atoms with E-state index in [1.54, 1.807) is 30.6 Å². The van der Waals surface area contributed by atoms with Crippen molar-refractivity contribution < 1.29 is 9.59 Å². The third kappa shape index (κ3) is 4.67. The number of benzene rings is 1. The Balaban J connectivity index is 1.27. The summed E-state index contributed by atoms with van der Waals surface area (Å²) < 4.78 is 0. The number of pyridine rings is 1. The molecule has 2 N–H and O–H groups in total. The van der Waals surface area contributed by atoms with Gasteiger partial charge in [0, 0.05) is 49.7 Å². The molecule has 0 spiro atoms. The fourth-order valence-corrected chi connectivity index (χ4v) is 4.98. The summed E-state index contributed by atoms with van der Waals surface area (Å²) in [6, 6.07) is 8.52. The number of hydrogen-bond acceptors (Lipinski definition) is 8. The van der Waals surface area contributed by atoms with Gasteiger partial charge in [-0.2, -0.15) is 0 Å². The molecule has 3 aromatic rings. The van der Waals surface area contributed by atoms with Crippen LogP contribution in [0.4, 0.5) is 10.8 Å². The summed E-state index contributed by atoms with van der Waals surface area (Å²) in [4.78, 5) is 34.6. The molecular weight excluding hydrogens is 474 g/mol. The Kier molecular flexibility index (Phi) is 6.30. The van der Waals surface area contributed by atoms with Crippen LogP contribution in [-0.4, -0.2) is 75.6 Å². The normalized spacial score (nSPS) is 17.8. The first-order valence-electron chi connectivity index (χ1n) is 11.0. The second-order valence-corrected chi connectivity index (χ2v) is 9.96. The molecule has 1 saturated carbocycles. The van der Waals surface area contributed by atoms with Crippen LogP contribution in [0.2, 0.25) is 5.02 Å². The molecule has 176 valence electrons. The highest BCUT2D eigenvalue weighted by molar-refractivity contribution is 7.18. The Labute approximate surface area is 206 Å². The number of carbonyl (C=O) groups excluding carboxylic acids is 2. The second kappa shape index (κ2) is 9.38. The molecule has 0 bridgehead atoms. The van der Waals surface area contributed by atoms with E-state index in [0.29, 0.717) is 26.4 Å². The van der Waals surface area contributed by atoms with Gasteiger partial charge in [-0.3, -0.25) is 24.8 Å². The molecule has 2 amide bonds. The van der Waals surface area contributed by atoms with Gasteiger partial charge < -0.3 is 10.2 Å². The van der Waals surface area contributed by atoms with Gasteiger partial charge in [-0.25, -0.2) is 0 Å². The SMILES string of the molecule is CN1CCN(C2(C(=O)Nc3cc(C(=O)Nc4nnc(-c5cccnc5)s4)ccc3Cl)CC2)CC1. The summed E-state index contributed by atoms with van der Waals surface area (Å²) in [5.74, 6) is -0.428. The smallest absolute Gasteiger partial charge is 0.257 e. The molecule has 3 heterocycles. The van der Waals surface area contributed by atoms with Crippen LogP contribution in [0.1, 0.15) is 23.2 Å². The molecule has 0 radical (unpaired) electrons. The Morgan fingerprint density at radius 2 is 1.88 bits per heavy atom.